The van der Waals surface area contributed by atoms with E-state index >= 15 is 0 Å². The molecule has 0 aliphatic carbocycles. The molecule has 0 saturated carbocycles. The zero-order valence-corrected chi connectivity index (χ0v) is 15.5. The third-order valence-electron chi connectivity index (χ3n) is 4.26. The van der Waals surface area contributed by atoms with E-state index in [2.05, 4.69) is 83.5 Å². The maximum atomic E-state index is 4.46. The minimum atomic E-state index is 0. The van der Waals surface area contributed by atoms with Crippen molar-refractivity contribution in [2.75, 3.05) is 0 Å². The summed E-state index contributed by atoms with van der Waals surface area (Å²) in [5.74, 6) is 3.16. The van der Waals surface area contributed by atoms with Crippen LogP contribution < -0.4 is 0 Å². The third-order valence-corrected chi connectivity index (χ3v) is 4.26. The van der Waals surface area contributed by atoms with E-state index in [4.69, 9.17) is 0 Å². The van der Waals surface area contributed by atoms with Crippen LogP contribution in [0.15, 0.2) is 49.1 Å². The average molecular weight is 340 g/mol. The predicted molar refractivity (Wildman–Crippen MR) is 101 cm³/mol. The quantitative estimate of drug-likeness (QED) is 0.688. The molecular formula is C20H28N4O. The van der Waals surface area contributed by atoms with Gasteiger partial charge in [-0.2, -0.15) is 0 Å². The van der Waals surface area contributed by atoms with Crippen LogP contribution in [0.25, 0.3) is 0 Å². The molecule has 2 N–H and O–H groups in total. The van der Waals surface area contributed by atoms with Crippen molar-refractivity contribution in [2.45, 2.75) is 52.6 Å². The fourth-order valence-corrected chi connectivity index (χ4v) is 3.05. The molecule has 0 amide bonds. The molecule has 0 spiro atoms. The van der Waals surface area contributed by atoms with Crippen LogP contribution in [0.4, 0.5) is 0 Å². The van der Waals surface area contributed by atoms with Gasteiger partial charge < -0.3 is 14.6 Å². The van der Waals surface area contributed by atoms with Crippen molar-refractivity contribution in [3.63, 3.8) is 0 Å². The van der Waals surface area contributed by atoms with Gasteiger partial charge in [0.15, 0.2) is 0 Å². The van der Waals surface area contributed by atoms with Crippen molar-refractivity contribution in [2.24, 2.45) is 0 Å². The summed E-state index contributed by atoms with van der Waals surface area (Å²) in [6, 6.07) is 8.85. The van der Waals surface area contributed by atoms with E-state index < -0.39 is 0 Å². The van der Waals surface area contributed by atoms with Crippen LogP contribution in [0.1, 0.15) is 62.3 Å². The minimum absolute atomic E-state index is 0. The molecular weight excluding hydrogens is 312 g/mol. The molecule has 0 bridgehead atoms. The van der Waals surface area contributed by atoms with Gasteiger partial charge >= 0.3 is 0 Å². The van der Waals surface area contributed by atoms with E-state index in [9.17, 15) is 0 Å². The molecule has 5 heteroatoms. The normalized spacial score (nSPS) is 11.1. The number of aromatic nitrogens is 4. The lowest BCUT2D eigenvalue weighted by atomic mass is 10.1. The summed E-state index contributed by atoms with van der Waals surface area (Å²) in [5.41, 5.74) is 2.60. The van der Waals surface area contributed by atoms with E-state index in [1.165, 1.54) is 11.1 Å². The molecule has 0 fully saturated rings. The number of imidazole rings is 2. The topological polar surface area (TPSA) is 67.1 Å². The fraction of sp³-hybridized carbons (Fsp3) is 0.400. The lowest BCUT2D eigenvalue weighted by Crippen LogP contribution is -2.07. The SMILES string of the molecule is CC(C)c1nccn1Cc1ccc(Cn2ccnc2C(C)C)cc1.O. The van der Waals surface area contributed by atoms with Gasteiger partial charge in [0.05, 0.1) is 0 Å². The molecule has 5 nitrogen and oxygen atoms in total. The summed E-state index contributed by atoms with van der Waals surface area (Å²) in [6.45, 7) is 10.5. The van der Waals surface area contributed by atoms with Gasteiger partial charge in [-0.25, -0.2) is 9.97 Å². The van der Waals surface area contributed by atoms with Crippen LogP contribution in [0.5, 0.6) is 0 Å². The Morgan fingerprint density at radius 3 is 1.40 bits per heavy atom. The van der Waals surface area contributed by atoms with Crippen LogP contribution in [-0.4, -0.2) is 24.6 Å². The molecule has 0 aliphatic rings. The van der Waals surface area contributed by atoms with Crippen molar-refractivity contribution in [1.29, 1.82) is 0 Å². The highest BCUT2D eigenvalue weighted by Crippen LogP contribution is 2.16. The van der Waals surface area contributed by atoms with Crippen LogP contribution in [0.3, 0.4) is 0 Å². The Kier molecular flexibility index (Phi) is 6.15. The first kappa shape index (κ1) is 18.9. The Morgan fingerprint density at radius 1 is 0.720 bits per heavy atom. The largest absolute Gasteiger partial charge is 0.412 e. The van der Waals surface area contributed by atoms with Crippen molar-refractivity contribution < 1.29 is 5.48 Å². The molecule has 3 rings (SSSR count). The summed E-state index contributed by atoms with van der Waals surface area (Å²) in [7, 11) is 0. The summed E-state index contributed by atoms with van der Waals surface area (Å²) >= 11 is 0. The van der Waals surface area contributed by atoms with Gasteiger partial charge in [-0.3, -0.25) is 0 Å². The van der Waals surface area contributed by atoms with E-state index in [-0.39, 0.29) is 5.48 Å². The molecule has 1 aromatic carbocycles. The fourth-order valence-electron chi connectivity index (χ4n) is 3.05. The number of rotatable bonds is 6. The molecule has 0 aliphatic heterocycles. The second-order valence-corrected chi connectivity index (χ2v) is 6.95. The standard InChI is InChI=1S/C20H26N4.H2O/c1-15(2)19-21-9-11-23(19)13-17-5-7-18(8-6-17)14-24-12-10-22-20(24)16(3)4;/h5-12,15-16H,13-14H2,1-4H3;1H2. The summed E-state index contributed by atoms with van der Waals surface area (Å²) in [6.07, 6.45) is 7.89. The number of hydrogen-bond acceptors (Lipinski definition) is 2. The Hall–Kier alpha value is -2.40. The third kappa shape index (κ3) is 4.37. The molecule has 2 aromatic heterocycles. The summed E-state index contributed by atoms with van der Waals surface area (Å²) in [5, 5.41) is 0. The van der Waals surface area contributed by atoms with Gasteiger partial charge in [0, 0.05) is 49.7 Å². The molecule has 0 unspecified atom stereocenters. The summed E-state index contributed by atoms with van der Waals surface area (Å²) < 4.78 is 4.46. The Morgan fingerprint density at radius 2 is 1.08 bits per heavy atom. The van der Waals surface area contributed by atoms with E-state index in [0.717, 1.165) is 24.7 Å². The first-order valence-corrected chi connectivity index (χ1v) is 8.64. The van der Waals surface area contributed by atoms with Crippen LogP contribution in [-0.2, 0) is 13.1 Å². The zero-order chi connectivity index (χ0) is 17.1. The first-order chi connectivity index (χ1) is 11.5. The van der Waals surface area contributed by atoms with Crippen molar-refractivity contribution in [1.82, 2.24) is 19.1 Å². The Bertz CT molecular complexity index is 717. The molecule has 0 saturated heterocycles. The molecule has 0 atom stereocenters. The minimum Gasteiger partial charge on any atom is -0.412 e. The van der Waals surface area contributed by atoms with Crippen molar-refractivity contribution in [3.8, 4) is 0 Å². The van der Waals surface area contributed by atoms with E-state index in [1.54, 1.807) is 0 Å². The molecule has 2 heterocycles. The van der Waals surface area contributed by atoms with Crippen LogP contribution in [0, 0.1) is 0 Å². The molecule has 3 aromatic rings. The lowest BCUT2D eigenvalue weighted by Gasteiger charge is -2.12. The van der Waals surface area contributed by atoms with E-state index in [1.807, 2.05) is 12.4 Å². The second kappa shape index (κ2) is 8.12. The van der Waals surface area contributed by atoms with Gasteiger partial charge in [-0.15, -0.1) is 0 Å². The maximum Gasteiger partial charge on any atom is 0.111 e. The van der Waals surface area contributed by atoms with Crippen molar-refractivity contribution in [3.05, 3.63) is 71.8 Å². The highest BCUT2D eigenvalue weighted by atomic mass is 16.0. The highest BCUT2D eigenvalue weighted by Gasteiger charge is 2.09. The van der Waals surface area contributed by atoms with Crippen LogP contribution >= 0.6 is 0 Å². The van der Waals surface area contributed by atoms with Gasteiger partial charge in [0.1, 0.15) is 11.6 Å². The highest BCUT2D eigenvalue weighted by molar-refractivity contribution is 5.24. The summed E-state index contributed by atoms with van der Waals surface area (Å²) in [4.78, 5) is 8.92. The average Bonchev–Trinajstić information content (AvgIpc) is 3.18. The van der Waals surface area contributed by atoms with Gasteiger partial charge in [0.25, 0.3) is 0 Å². The predicted octanol–water partition coefficient (Wildman–Crippen LogP) is 3.60. The van der Waals surface area contributed by atoms with Gasteiger partial charge in [-0.1, -0.05) is 52.0 Å². The Labute approximate surface area is 149 Å². The van der Waals surface area contributed by atoms with Crippen LogP contribution in [0.2, 0.25) is 0 Å². The van der Waals surface area contributed by atoms with Crippen molar-refractivity contribution >= 4 is 0 Å². The number of hydrogen-bond donors (Lipinski definition) is 0. The molecule has 134 valence electrons. The van der Waals surface area contributed by atoms with Gasteiger partial charge in [0.2, 0.25) is 0 Å². The number of benzene rings is 1. The molecule has 25 heavy (non-hydrogen) atoms. The first-order valence-electron chi connectivity index (χ1n) is 8.64. The monoisotopic (exact) mass is 340 g/mol. The maximum absolute atomic E-state index is 4.46. The lowest BCUT2D eigenvalue weighted by molar-refractivity contribution is 0.665. The zero-order valence-electron chi connectivity index (χ0n) is 15.5. The Balaban J connectivity index is 0.00000225. The van der Waals surface area contributed by atoms with Gasteiger partial charge in [-0.05, 0) is 11.1 Å². The number of nitrogens with zero attached hydrogens (tertiary/aromatic N) is 4. The smallest absolute Gasteiger partial charge is 0.111 e. The molecule has 0 radical (unpaired) electrons. The second-order valence-electron chi connectivity index (χ2n) is 6.95. The van der Waals surface area contributed by atoms with E-state index in [0.29, 0.717) is 11.8 Å².